The van der Waals surface area contributed by atoms with E-state index in [0.717, 1.165) is 0 Å². The molecule has 1 amide bonds. The normalized spacial score (nSPS) is 10.3. The molecule has 2 aromatic rings. The second-order valence-electron chi connectivity index (χ2n) is 3.61. The molecular formula is C12H11ClN2O2. The van der Waals surface area contributed by atoms with Gasteiger partial charge in [0.25, 0.3) is 5.91 Å². The number of halogens is 1. The second kappa shape index (κ2) is 4.59. The third-order valence-corrected chi connectivity index (χ3v) is 2.61. The van der Waals surface area contributed by atoms with E-state index in [1.165, 1.54) is 6.26 Å². The lowest BCUT2D eigenvalue weighted by molar-refractivity contribution is 0.102. The van der Waals surface area contributed by atoms with E-state index in [-0.39, 0.29) is 5.91 Å². The van der Waals surface area contributed by atoms with Gasteiger partial charge in [-0.3, -0.25) is 4.79 Å². The first-order chi connectivity index (χ1) is 8.08. The van der Waals surface area contributed by atoms with Gasteiger partial charge in [0, 0.05) is 0 Å². The third-order valence-electron chi connectivity index (χ3n) is 2.40. The summed E-state index contributed by atoms with van der Waals surface area (Å²) in [6, 6.07) is 4.98. The molecule has 0 aliphatic carbocycles. The van der Waals surface area contributed by atoms with Crippen LogP contribution in [-0.2, 0) is 0 Å². The SMILES string of the molecule is Cc1nc(Cl)ccc1NC(=O)c1ccoc1C. The number of amides is 1. The molecule has 0 saturated carbocycles. The molecular weight excluding hydrogens is 240 g/mol. The first-order valence-electron chi connectivity index (χ1n) is 5.06. The number of hydrogen-bond acceptors (Lipinski definition) is 3. The number of hydrogen-bond donors (Lipinski definition) is 1. The molecule has 0 saturated heterocycles. The lowest BCUT2D eigenvalue weighted by Gasteiger charge is -2.07. The summed E-state index contributed by atoms with van der Waals surface area (Å²) in [7, 11) is 0. The maximum absolute atomic E-state index is 11.9. The zero-order valence-corrected chi connectivity index (χ0v) is 10.2. The van der Waals surface area contributed by atoms with Crippen molar-refractivity contribution in [3.63, 3.8) is 0 Å². The molecule has 0 fully saturated rings. The Morgan fingerprint density at radius 3 is 2.71 bits per heavy atom. The molecule has 2 rings (SSSR count). The molecule has 4 nitrogen and oxygen atoms in total. The Hall–Kier alpha value is -1.81. The van der Waals surface area contributed by atoms with Crippen molar-refractivity contribution in [3.05, 3.63) is 46.6 Å². The Morgan fingerprint density at radius 2 is 2.12 bits per heavy atom. The molecule has 0 aromatic carbocycles. The van der Waals surface area contributed by atoms with Crippen molar-refractivity contribution in [2.24, 2.45) is 0 Å². The Bertz CT molecular complexity index is 563. The zero-order valence-electron chi connectivity index (χ0n) is 9.45. The van der Waals surface area contributed by atoms with Crippen LogP contribution in [0, 0.1) is 13.8 Å². The molecule has 2 aromatic heterocycles. The number of rotatable bonds is 2. The standard InChI is InChI=1S/C12H11ClN2O2/c1-7-10(3-4-11(13)14-7)15-12(16)9-5-6-17-8(9)2/h3-6H,1-2H3,(H,15,16). The minimum absolute atomic E-state index is 0.219. The number of furan rings is 1. The van der Waals surface area contributed by atoms with Crippen LogP contribution < -0.4 is 5.32 Å². The van der Waals surface area contributed by atoms with E-state index in [1.807, 2.05) is 0 Å². The summed E-state index contributed by atoms with van der Waals surface area (Å²) in [5.41, 5.74) is 1.83. The van der Waals surface area contributed by atoms with Gasteiger partial charge in [-0.2, -0.15) is 0 Å². The first-order valence-corrected chi connectivity index (χ1v) is 5.44. The van der Waals surface area contributed by atoms with Crippen molar-refractivity contribution in [3.8, 4) is 0 Å². The van der Waals surface area contributed by atoms with Crippen molar-refractivity contribution in [1.29, 1.82) is 0 Å². The van der Waals surface area contributed by atoms with Crippen molar-refractivity contribution in [1.82, 2.24) is 4.98 Å². The summed E-state index contributed by atoms with van der Waals surface area (Å²) >= 11 is 5.74. The summed E-state index contributed by atoms with van der Waals surface area (Å²) in [4.78, 5) is 16.0. The van der Waals surface area contributed by atoms with E-state index in [2.05, 4.69) is 10.3 Å². The van der Waals surface area contributed by atoms with E-state index < -0.39 is 0 Å². The van der Waals surface area contributed by atoms with E-state index in [4.69, 9.17) is 16.0 Å². The van der Waals surface area contributed by atoms with Crippen LogP contribution in [0.1, 0.15) is 21.8 Å². The van der Waals surface area contributed by atoms with Gasteiger partial charge in [0.05, 0.1) is 23.2 Å². The molecule has 0 unspecified atom stereocenters. The topological polar surface area (TPSA) is 55.1 Å². The molecule has 0 aliphatic rings. The van der Waals surface area contributed by atoms with Gasteiger partial charge in [-0.15, -0.1) is 0 Å². The zero-order chi connectivity index (χ0) is 12.4. The maximum atomic E-state index is 11.9. The fraction of sp³-hybridized carbons (Fsp3) is 0.167. The molecule has 0 aliphatic heterocycles. The minimum Gasteiger partial charge on any atom is -0.469 e. The summed E-state index contributed by atoms with van der Waals surface area (Å²) in [5.74, 6) is 0.366. The Kier molecular flexibility index (Phi) is 3.15. The van der Waals surface area contributed by atoms with Gasteiger partial charge >= 0.3 is 0 Å². The van der Waals surface area contributed by atoms with E-state index in [1.54, 1.807) is 32.0 Å². The monoisotopic (exact) mass is 250 g/mol. The molecule has 0 radical (unpaired) electrons. The Morgan fingerprint density at radius 1 is 1.35 bits per heavy atom. The summed E-state index contributed by atoms with van der Waals surface area (Å²) in [6.07, 6.45) is 1.48. The summed E-state index contributed by atoms with van der Waals surface area (Å²) in [5, 5.41) is 3.16. The van der Waals surface area contributed by atoms with Crippen molar-refractivity contribution >= 4 is 23.2 Å². The average Bonchev–Trinajstić information content (AvgIpc) is 2.68. The fourth-order valence-corrected chi connectivity index (χ4v) is 1.66. The van der Waals surface area contributed by atoms with E-state index in [9.17, 15) is 4.79 Å². The highest BCUT2D eigenvalue weighted by Crippen LogP contribution is 2.17. The lowest BCUT2D eigenvalue weighted by Crippen LogP contribution is -2.13. The number of aryl methyl sites for hydroxylation is 2. The Balaban J connectivity index is 2.22. The molecule has 0 bridgehead atoms. The number of nitrogens with one attached hydrogen (secondary N) is 1. The van der Waals surface area contributed by atoms with Crippen LogP contribution in [0.15, 0.2) is 28.9 Å². The number of carbonyl (C=O) groups is 1. The molecule has 2 heterocycles. The summed E-state index contributed by atoms with van der Waals surface area (Å²) in [6.45, 7) is 3.52. The predicted octanol–water partition coefficient (Wildman–Crippen LogP) is 3.20. The van der Waals surface area contributed by atoms with Crippen LogP contribution in [0.5, 0.6) is 0 Å². The number of pyridine rings is 1. The third kappa shape index (κ3) is 2.47. The van der Waals surface area contributed by atoms with Gasteiger partial charge in [-0.1, -0.05) is 11.6 Å². The molecule has 0 spiro atoms. The van der Waals surface area contributed by atoms with Crippen LogP contribution >= 0.6 is 11.6 Å². The van der Waals surface area contributed by atoms with Crippen LogP contribution in [0.2, 0.25) is 5.15 Å². The number of nitrogens with zero attached hydrogens (tertiary/aromatic N) is 1. The van der Waals surface area contributed by atoms with Crippen LogP contribution in [0.25, 0.3) is 0 Å². The lowest BCUT2D eigenvalue weighted by atomic mass is 10.2. The molecule has 17 heavy (non-hydrogen) atoms. The average molecular weight is 251 g/mol. The number of aromatic nitrogens is 1. The molecule has 5 heteroatoms. The smallest absolute Gasteiger partial charge is 0.259 e. The van der Waals surface area contributed by atoms with Gasteiger partial charge in [0.2, 0.25) is 0 Å². The van der Waals surface area contributed by atoms with Gasteiger partial charge in [-0.25, -0.2) is 4.98 Å². The Labute approximate surface area is 104 Å². The van der Waals surface area contributed by atoms with Crippen LogP contribution in [0.3, 0.4) is 0 Å². The number of carbonyl (C=O) groups excluding carboxylic acids is 1. The minimum atomic E-state index is -0.219. The van der Waals surface area contributed by atoms with Gasteiger partial charge in [-0.05, 0) is 32.0 Å². The molecule has 1 N–H and O–H groups in total. The first kappa shape index (κ1) is 11.7. The highest BCUT2D eigenvalue weighted by Gasteiger charge is 2.12. The van der Waals surface area contributed by atoms with Gasteiger partial charge < -0.3 is 9.73 Å². The highest BCUT2D eigenvalue weighted by atomic mass is 35.5. The van der Waals surface area contributed by atoms with Crippen molar-refractivity contribution in [2.45, 2.75) is 13.8 Å². The quantitative estimate of drug-likeness (QED) is 0.833. The van der Waals surface area contributed by atoms with Crippen molar-refractivity contribution in [2.75, 3.05) is 5.32 Å². The predicted molar refractivity (Wildman–Crippen MR) is 65.4 cm³/mol. The summed E-state index contributed by atoms with van der Waals surface area (Å²) < 4.78 is 5.08. The van der Waals surface area contributed by atoms with E-state index in [0.29, 0.717) is 27.9 Å². The van der Waals surface area contributed by atoms with Crippen LogP contribution in [0.4, 0.5) is 5.69 Å². The maximum Gasteiger partial charge on any atom is 0.259 e. The van der Waals surface area contributed by atoms with Crippen LogP contribution in [-0.4, -0.2) is 10.9 Å². The largest absolute Gasteiger partial charge is 0.469 e. The highest BCUT2D eigenvalue weighted by molar-refractivity contribution is 6.29. The van der Waals surface area contributed by atoms with E-state index >= 15 is 0 Å². The molecule has 88 valence electrons. The second-order valence-corrected chi connectivity index (χ2v) is 4.00. The van der Waals surface area contributed by atoms with Crippen molar-refractivity contribution < 1.29 is 9.21 Å². The fourth-order valence-electron chi connectivity index (χ4n) is 1.47. The number of anilines is 1. The molecule has 0 atom stereocenters. The van der Waals surface area contributed by atoms with Gasteiger partial charge in [0.1, 0.15) is 10.9 Å². The van der Waals surface area contributed by atoms with Gasteiger partial charge in [0.15, 0.2) is 0 Å².